The van der Waals surface area contributed by atoms with E-state index in [-0.39, 0.29) is 17.0 Å². The number of benzene rings is 2. The van der Waals surface area contributed by atoms with Crippen molar-refractivity contribution in [2.75, 3.05) is 0 Å². The minimum absolute atomic E-state index is 0. The van der Waals surface area contributed by atoms with E-state index in [9.17, 15) is 0 Å². The third kappa shape index (κ3) is 2.80. The molecule has 0 atom stereocenters. The molecule has 0 bridgehead atoms. The predicted octanol–water partition coefficient (Wildman–Crippen LogP) is 4.77. The Morgan fingerprint density at radius 1 is 0.783 bits per heavy atom. The molecule has 2 aromatic heterocycles. The molecule has 4 rings (SSSR count). The Hall–Kier alpha value is -2.39. The van der Waals surface area contributed by atoms with E-state index in [1.807, 2.05) is 0 Å². The van der Waals surface area contributed by atoms with Crippen LogP contribution in [0.1, 0.15) is 5.56 Å². The molecule has 3 heteroatoms. The first-order chi connectivity index (χ1) is 10.8. The van der Waals surface area contributed by atoms with Crippen molar-refractivity contribution in [3.8, 4) is 16.9 Å². The lowest BCUT2D eigenvalue weighted by atomic mass is 10.1. The second-order valence-electron chi connectivity index (χ2n) is 5.52. The van der Waals surface area contributed by atoms with Gasteiger partial charge in [-0.1, -0.05) is 54.1 Å². The van der Waals surface area contributed by atoms with E-state index in [0.29, 0.717) is 0 Å². The van der Waals surface area contributed by atoms with E-state index in [2.05, 4.69) is 101 Å². The van der Waals surface area contributed by atoms with Crippen molar-refractivity contribution in [2.45, 2.75) is 6.92 Å². The fraction of sp³-hybridized carbons (Fsp3) is 0.0500. The SMILES string of the molecule is Br.Cc1ccc(-n2c(-c3ccccc3)c[n+]3ccccc23)cc1. The van der Waals surface area contributed by atoms with Crippen LogP contribution >= 0.6 is 17.0 Å². The van der Waals surface area contributed by atoms with Crippen LogP contribution in [-0.4, -0.2) is 4.57 Å². The third-order valence-electron chi connectivity index (χ3n) is 3.96. The summed E-state index contributed by atoms with van der Waals surface area (Å²) in [7, 11) is 0. The van der Waals surface area contributed by atoms with Gasteiger partial charge in [-0.25, -0.2) is 4.40 Å². The summed E-state index contributed by atoms with van der Waals surface area (Å²) in [5, 5.41) is 0. The summed E-state index contributed by atoms with van der Waals surface area (Å²) in [6, 6.07) is 25.5. The summed E-state index contributed by atoms with van der Waals surface area (Å²) in [4.78, 5) is 0. The van der Waals surface area contributed by atoms with Crippen molar-refractivity contribution in [1.29, 1.82) is 0 Å². The Morgan fingerprint density at radius 2 is 1.48 bits per heavy atom. The van der Waals surface area contributed by atoms with Crippen LogP contribution in [0.5, 0.6) is 0 Å². The first-order valence-corrected chi connectivity index (χ1v) is 7.47. The lowest BCUT2D eigenvalue weighted by molar-refractivity contribution is -0.510. The summed E-state index contributed by atoms with van der Waals surface area (Å²) in [6.07, 6.45) is 4.27. The number of aromatic nitrogens is 2. The number of halogens is 1. The maximum absolute atomic E-state index is 2.30. The number of hydrogen-bond donors (Lipinski definition) is 0. The molecule has 23 heavy (non-hydrogen) atoms. The lowest BCUT2D eigenvalue weighted by Gasteiger charge is -2.03. The summed E-state index contributed by atoms with van der Waals surface area (Å²) in [5.41, 5.74) is 6.01. The highest BCUT2D eigenvalue weighted by Gasteiger charge is 2.20. The molecule has 0 radical (unpaired) electrons. The molecule has 0 saturated heterocycles. The fourth-order valence-electron chi connectivity index (χ4n) is 2.84. The number of nitrogens with zero attached hydrogens (tertiary/aromatic N) is 2. The van der Waals surface area contributed by atoms with Crippen LogP contribution in [0.4, 0.5) is 0 Å². The van der Waals surface area contributed by atoms with Gasteiger partial charge in [-0.05, 0) is 25.1 Å². The Labute approximate surface area is 146 Å². The van der Waals surface area contributed by atoms with Gasteiger partial charge in [-0.15, -0.1) is 17.0 Å². The van der Waals surface area contributed by atoms with Crippen LogP contribution < -0.4 is 4.40 Å². The van der Waals surface area contributed by atoms with Crippen molar-refractivity contribution < 1.29 is 4.40 Å². The summed E-state index contributed by atoms with van der Waals surface area (Å²) in [5.74, 6) is 0. The molecule has 2 heterocycles. The zero-order valence-corrected chi connectivity index (χ0v) is 14.6. The summed E-state index contributed by atoms with van der Waals surface area (Å²) >= 11 is 0. The van der Waals surface area contributed by atoms with E-state index in [4.69, 9.17) is 0 Å². The molecule has 0 fully saturated rings. The largest absolute Gasteiger partial charge is 0.291 e. The van der Waals surface area contributed by atoms with E-state index in [1.165, 1.54) is 22.5 Å². The Balaban J connectivity index is 0.00000156. The zero-order chi connectivity index (χ0) is 14.9. The average molecular weight is 366 g/mol. The van der Waals surface area contributed by atoms with Crippen LogP contribution in [0, 0.1) is 6.92 Å². The highest BCUT2D eigenvalue weighted by atomic mass is 79.9. The highest BCUT2D eigenvalue weighted by Crippen LogP contribution is 2.24. The highest BCUT2D eigenvalue weighted by molar-refractivity contribution is 8.93. The van der Waals surface area contributed by atoms with E-state index in [1.54, 1.807) is 0 Å². The molecule has 2 nitrogen and oxygen atoms in total. The van der Waals surface area contributed by atoms with Gasteiger partial charge in [-0.2, -0.15) is 4.57 Å². The Kier molecular flexibility index (Phi) is 4.30. The van der Waals surface area contributed by atoms with Crippen LogP contribution in [0.25, 0.3) is 22.6 Å². The third-order valence-corrected chi connectivity index (χ3v) is 3.96. The zero-order valence-electron chi connectivity index (χ0n) is 12.9. The van der Waals surface area contributed by atoms with E-state index in [0.717, 1.165) is 5.65 Å². The van der Waals surface area contributed by atoms with Crippen molar-refractivity contribution >= 4 is 22.6 Å². The molecule has 0 aliphatic heterocycles. The summed E-state index contributed by atoms with van der Waals surface area (Å²) < 4.78 is 4.47. The molecule has 0 aliphatic rings. The fourth-order valence-corrected chi connectivity index (χ4v) is 2.84. The normalized spacial score (nSPS) is 10.5. The Bertz CT molecular complexity index is 925. The number of rotatable bonds is 2. The molecule has 2 aromatic carbocycles. The maximum Gasteiger partial charge on any atom is 0.291 e. The van der Waals surface area contributed by atoms with Crippen LogP contribution in [0.3, 0.4) is 0 Å². The smallest absolute Gasteiger partial charge is 0.202 e. The molecular formula is C20H18BrN2+. The number of pyridine rings is 1. The van der Waals surface area contributed by atoms with Gasteiger partial charge in [-0.3, -0.25) is 0 Å². The Morgan fingerprint density at radius 3 is 2.22 bits per heavy atom. The van der Waals surface area contributed by atoms with Crippen LogP contribution in [-0.2, 0) is 0 Å². The number of imidazole rings is 1. The van der Waals surface area contributed by atoms with E-state index < -0.39 is 0 Å². The molecule has 0 saturated carbocycles. The standard InChI is InChI=1S/C20H17N2.BrH/c1-16-10-12-18(13-11-16)22-19(17-7-3-2-4-8-17)15-21-14-6-5-9-20(21)22;/h2-15H,1H3;1H/q+1;. The first-order valence-electron chi connectivity index (χ1n) is 7.47. The van der Waals surface area contributed by atoms with Crippen LogP contribution in [0.15, 0.2) is 85.2 Å². The first kappa shape index (κ1) is 15.5. The second-order valence-corrected chi connectivity index (χ2v) is 5.52. The van der Waals surface area contributed by atoms with Gasteiger partial charge in [0.1, 0.15) is 11.9 Å². The van der Waals surface area contributed by atoms with E-state index >= 15 is 0 Å². The van der Waals surface area contributed by atoms with Gasteiger partial charge in [0.05, 0.1) is 6.20 Å². The molecule has 0 amide bonds. The van der Waals surface area contributed by atoms with Gasteiger partial charge in [0.15, 0.2) is 5.69 Å². The number of aryl methyl sites for hydroxylation is 1. The van der Waals surface area contributed by atoms with Crippen molar-refractivity contribution in [2.24, 2.45) is 0 Å². The van der Waals surface area contributed by atoms with Gasteiger partial charge >= 0.3 is 0 Å². The van der Waals surface area contributed by atoms with Gasteiger partial charge in [0, 0.05) is 11.6 Å². The quantitative estimate of drug-likeness (QED) is 0.452. The molecule has 0 aliphatic carbocycles. The average Bonchev–Trinajstić information content (AvgIpc) is 2.96. The number of hydrogen-bond acceptors (Lipinski definition) is 0. The topological polar surface area (TPSA) is 9.03 Å². The molecule has 0 N–H and O–H groups in total. The minimum Gasteiger partial charge on any atom is -0.202 e. The molecule has 0 spiro atoms. The van der Waals surface area contributed by atoms with Gasteiger partial charge < -0.3 is 0 Å². The van der Waals surface area contributed by atoms with Gasteiger partial charge in [0.2, 0.25) is 0 Å². The molecule has 4 aromatic rings. The van der Waals surface area contributed by atoms with Gasteiger partial charge in [0.25, 0.3) is 5.65 Å². The maximum atomic E-state index is 2.30. The van der Waals surface area contributed by atoms with Crippen molar-refractivity contribution in [1.82, 2.24) is 4.57 Å². The molecule has 0 unspecified atom stereocenters. The van der Waals surface area contributed by atoms with Crippen molar-refractivity contribution in [3.63, 3.8) is 0 Å². The lowest BCUT2D eigenvalue weighted by Crippen LogP contribution is -2.17. The van der Waals surface area contributed by atoms with Crippen molar-refractivity contribution in [3.05, 3.63) is 90.8 Å². The summed E-state index contributed by atoms with van der Waals surface area (Å²) in [6.45, 7) is 2.12. The monoisotopic (exact) mass is 365 g/mol. The second kappa shape index (κ2) is 6.39. The van der Waals surface area contributed by atoms with Crippen LogP contribution in [0.2, 0.25) is 0 Å². The minimum atomic E-state index is 0. The molecular weight excluding hydrogens is 348 g/mol. The predicted molar refractivity (Wildman–Crippen MR) is 99.4 cm³/mol. The number of fused-ring (bicyclic) bond motifs is 1. The molecule has 114 valence electrons.